The molecule has 0 saturated carbocycles. The predicted octanol–water partition coefficient (Wildman–Crippen LogP) is 4.04. The molecule has 0 saturated heterocycles. The number of hydrogen-bond acceptors (Lipinski definition) is 4. The summed E-state index contributed by atoms with van der Waals surface area (Å²) in [6.07, 6.45) is 0. The molecule has 0 spiro atoms. The fourth-order valence-electron chi connectivity index (χ4n) is 2.99. The summed E-state index contributed by atoms with van der Waals surface area (Å²) in [5, 5.41) is 5.01. The van der Waals surface area contributed by atoms with Gasteiger partial charge < -0.3 is 9.88 Å². The standard InChI is InChI=1S/C20H17FN4OS/c1-13-23-16-8-4-5-9-18(16)25(13)11-10-22-19(26)17-12-27-20(24-17)14-6-2-3-7-15(14)21/h2-9,12H,10-11H2,1H3,(H,22,26). The zero-order valence-electron chi connectivity index (χ0n) is 14.6. The number of rotatable bonds is 5. The number of fused-ring (bicyclic) bond motifs is 1. The number of thiazole rings is 1. The molecule has 0 aliphatic rings. The molecule has 1 N–H and O–H groups in total. The molecule has 4 aromatic rings. The van der Waals surface area contributed by atoms with E-state index >= 15 is 0 Å². The van der Waals surface area contributed by atoms with E-state index in [0.29, 0.717) is 29.4 Å². The maximum absolute atomic E-state index is 13.9. The van der Waals surface area contributed by atoms with E-state index in [0.717, 1.165) is 16.9 Å². The lowest BCUT2D eigenvalue weighted by Crippen LogP contribution is -2.27. The normalized spacial score (nSPS) is 11.0. The first kappa shape index (κ1) is 17.4. The van der Waals surface area contributed by atoms with E-state index in [9.17, 15) is 9.18 Å². The molecule has 0 fully saturated rings. The number of nitrogens with one attached hydrogen (secondary N) is 1. The van der Waals surface area contributed by atoms with Crippen molar-refractivity contribution in [3.8, 4) is 10.6 Å². The fraction of sp³-hybridized carbons (Fsp3) is 0.150. The number of carbonyl (C=O) groups is 1. The van der Waals surface area contributed by atoms with E-state index in [1.807, 2.05) is 31.2 Å². The topological polar surface area (TPSA) is 59.8 Å². The molecule has 0 aliphatic carbocycles. The summed E-state index contributed by atoms with van der Waals surface area (Å²) < 4.78 is 15.9. The van der Waals surface area contributed by atoms with Gasteiger partial charge in [-0.2, -0.15) is 0 Å². The molecular weight excluding hydrogens is 363 g/mol. The van der Waals surface area contributed by atoms with Crippen molar-refractivity contribution < 1.29 is 9.18 Å². The number of aryl methyl sites for hydroxylation is 1. The Morgan fingerprint density at radius 1 is 1.15 bits per heavy atom. The second-order valence-corrected chi connectivity index (χ2v) is 6.93. The van der Waals surface area contributed by atoms with Gasteiger partial charge in [0.1, 0.15) is 22.3 Å². The summed E-state index contributed by atoms with van der Waals surface area (Å²) >= 11 is 1.25. The highest BCUT2D eigenvalue weighted by atomic mass is 32.1. The van der Waals surface area contributed by atoms with Crippen LogP contribution < -0.4 is 5.32 Å². The quantitative estimate of drug-likeness (QED) is 0.568. The Hall–Kier alpha value is -3.06. The third kappa shape index (κ3) is 3.46. The van der Waals surface area contributed by atoms with Gasteiger partial charge in [-0.25, -0.2) is 14.4 Å². The first-order chi connectivity index (χ1) is 13.1. The van der Waals surface area contributed by atoms with Crippen molar-refractivity contribution in [2.24, 2.45) is 0 Å². The van der Waals surface area contributed by atoms with Crippen molar-refractivity contribution in [2.45, 2.75) is 13.5 Å². The second kappa shape index (κ2) is 7.28. The van der Waals surface area contributed by atoms with Gasteiger partial charge in [0, 0.05) is 24.0 Å². The highest BCUT2D eigenvalue weighted by Crippen LogP contribution is 2.26. The monoisotopic (exact) mass is 380 g/mol. The van der Waals surface area contributed by atoms with Gasteiger partial charge in [-0.05, 0) is 31.2 Å². The van der Waals surface area contributed by atoms with Gasteiger partial charge >= 0.3 is 0 Å². The van der Waals surface area contributed by atoms with Crippen LogP contribution in [0.3, 0.4) is 0 Å². The Labute approximate surface area is 159 Å². The second-order valence-electron chi connectivity index (χ2n) is 6.07. The molecule has 1 amide bonds. The molecule has 0 aliphatic heterocycles. The van der Waals surface area contributed by atoms with Crippen molar-refractivity contribution in [1.29, 1.82) is 0 Å². The van der Waals surface area contributed by atoms with E-state index in [1.165, 1.54) is 17.4 Å². The molecule has 4 rings (SSSR count). The van der Waals surface area contributed by atoms with Gasteiger partial charge in [-0.15, -0.1) is 11.3 Å². The van der Waals surface area contributed by atoms with Crippen LogP contribution in [0.25, 0.3) is 21.6 Å². The van der Waals surface area contributed by atoms with Gasteiger partial charge in [0.2, 0.25) is 0 Å². The number of halogens is 1. The Bertz CT molecular complexity index is 1120. The van der Waals surface area contributed by atoms with Gasteiger partial charge in [0.25, 0.3) is 5.91 Å². The predicted molar refractivity (Wildman–Crippen MR) is 104 cm³/mol. The van der Waals surface area contributed by atoms with Gasteiger partial charge in [-0.1, -0.05) is 24.3 Å². The lowest BCUT2D eigenvalue weighted by atomic mass is 10.2. The van der Waals surface area contributed by atoms with Crippen molar-refractivity contribution in [2.75, 3.05) is 6.54 Å². The van der Waals surface area contributed by atoms with E-state index in [1.54, 1.807) is 23.6 Å². The maximum Gasteiger partial charge on any atom is 0.270 e. The van der Waals surface area contributed by atoms with Crippen LogP contribution >= 0.6 is 11.3 Å². The number of carbonyl (C=O) groups excluding carboxylic acids is 1. The fourth-order valence-corrected chi connectivity index (χ4v) is 3.81. The third-order valence-electron chi connectivity index (χ3n) is 4.31. The summed E-state index contributed by atoms with van der Waals surface area (Å²) in [6, 6.07) is 14.3. The Morgan fingerprint density at radius 3 is 2.78 bits per heavy atom. The molecule has 7 heteroatoms. The van der Waals surface area contributed by atoms with Crippen LogP contribution in [0.5, 0.6) is 0 Å². The number of benzene rings is 2. The van der Waals surface area contributed by atoms with Crippen molar-refractivity contribution in [3.05, 3.63) is 71.2 Å². The first-order valence-corrected chi connectivity index (χ1v) is 9.42. The van der Waals surface area contributed by atoms with Crippen LogP contribution in [0.2, 0.25) is 0 Å². The number of imidazole rings is 1. The highest BCUT2D eigenvalue weighted by molar-refractivity contribution is 7.13. The molecule has 2 heterocycles. The minimum Gasteiger partial charge on any atom is -0.349 e. The van der Waals surface area contributed by atoms with Crippen LogP contribution in [-0.4, -0.2) is 27.0 Å². The minimum absolute atomic E-state index is 0.268. The summed E-state index contributed by atoms with van der Waals surface area (Å²) in [6.45, 7) is 3.01. The lowest BCUT2D eigenvalue weighted by Gasteiger charge is -2.07. The number of aromatic nitrogens is 3. The Balaban J connectivity index is 1.43. The van der Waals surface area contributed by atoms with Crippen molar-refractivity contribution in [3.63, 3.8) is 0 Å². The summed E-state index contributed by atoms with van der Waals surface area (Å²) in [5.41, 5.74) is 2.68. The van der Waals surface area contributed by atoms with Gasteiger partial charge in [0.15, 0.2) is 0 Å². The Kier molecular flexibility index (Phi) is 4.68. The van der Waals surface area contributed by atoms with Crippen LogP contribution in [-0.2, 0) is 6.54 Å². The molecule has 0 bridgehead atoms. The summed E-state index contributed by atoms with van der Waals surface area (Å²) in [5.74, 6) is 0.290. The molecule has 2 aromatic heterocycles. The maximum atomic E-state index is 13.9. The Morgan fingerprint density at radius 2 is 1.93 bits per heavy atom. The molecular formula is C20H17FN4OS. The number of hydrogen-bond donors (Lipinski definition) is 1. The largest absolute Gasteiger partial charge is 0.349 e. The third-order valence-corrected chi connectivity index (χ3v) is 5.18. The smallest absolute Gasteiger partial charge is 0.270 e. The van der Waals surface area contributed by atoms with Crippen molar-refractivity contribution >= 4 is 28.3 Å². The average Bonchev–Trinajstić information content (AvgIpc) is 3.27. The van der Waals surface area contributed by atoms with Crippen LogP contribution in [0.4, 0.5) is 4.39 Å². The lowest BCUT2D eigenvalue weighted by molar-refractivity contribution is 0.0948. The molecule has 0 atom stereocenters. The van der Waals surface area contributed by atoms with Crippen LogP contribution in [0.1, 0.15) is 16.3 Å². The van der Waals surface area contributed by atoms with Gasteiger partial charge in [0.05, 0.1) is 11.0 Å². The molecule has 136 valence electrons. The number of nitrogens with zero attached hydrogens (tertiary/aromatic N) is 3. The van der Waals surface area contributed by atoms with E-state index in [-0.39, 0.29) is 11.7 Å². The van der Waals surface area contributed by atoms with Crippen molar-refractivity contribution in [1.82, 2.24) is 19.9 Å². The van der Waals surface area contributed by atoms with Crippen LogP contribution in [0.15, 0.2) is 53.9 Å². The van der Waals surface area contributed by atoms with E-state index in [4.69, 9.17) is 0 Å². The van der Waals surface area contributed by atoms with Crippen LogP contribution in [0, 0.1) is 12.7 Å². The number of amides is 1. The number of para-hydroxylation sites is 2. The zero-order chi connectivity index (χ0) is 18.8. The molecule has 0 radical (unpaired) electrons. The summed E-state index contributed by atoms with van der Waals surface area (Å²) in [7, 11) is 0. The van der Waals surface area contributed by atoms with Gasteiger partial charge in [-0.3, -0.25) is 4.79 Å². The minimum atomic E-state index is -0.346. The molecule has 2 aromatic carbocycles. The van der Waals surface area contributed by atoms with E-state index in [2.05, 4.69) is 19.9 Å². The average molecular weight is 380 g/mol. The van der Waals surface area contributed by atoms with E-state index < -0.39 is 0 Å². The molecule has 5 nitrogen and oxygen atoms in total. The first-order valence-electron chi connectivity index (χ1n) is 8.54. The summed E-state index contributed by atoms with van der Waals surface area (Å²) in [4.78, 5) is 21.2. The molecule has 27 heavy (non-hydrogen) atoms. The SMILES string of the molecule is Cc1nc2ccccc2n1CCNC(=O)c1csc(-c2ccccc2F)n1. The molecule has 0 unspecified atom stereocenters. The zero-order valence-corrected chi connectivity index (χ0v) is 15.5. The highest BCUT2D eigenvalue weighted by Gasteiger charge is 2.14.